The molecule has 2 rings (SSSR count). The summed E-state index contributed by atoms with van der Waals surface area (Å²) in [6.45, 7) is 11.0. The van der Waals surface area contributed by atoms with Gasteiger partial charge < -0.3 is 4.74 Å². The molecule has 0 radical (unpaired) electrons. The van der Waals surface area contributed by atoms with Crippen molar-refractivity contribution in [1.82, 2.24) is 0 Å². The lowest BCUT2D eigenvalue weighted by atomic mass is 9.50. The summed E-state index contributed by atoms with van der Waals surface area (Å²) in [5, 5.41) is 0. The predicted molar refractivity (Wildman–Crippen MR) is 73.1 cm³/mol. The first kappa shape index (κ1) is 13.9. The van der Waals surface area contributed by atoms with Crippen molar-refractivity contribution in [2.45, 2.75) is 66.4 Å². The number of carbonyl (C=O) groups excluding carboxylic acids is 1. The van der Waals surface area contributed by atoms with Gasteiger partial charge in [0, 0.05) is 12.3 Å². The van der Waals surface area contributed by atoms with Crippen LogP contribution in [-0.2, 0) is 9.53 Å². The lowest BCUT2D eigenvalue weighted by Crippen LogP contribution is -2.54. The molecule has 2 heteroatoms. The van der Waals surface area contributed by atoms with E-state index in [-0.39, 0.29) is 17.5 Å². The van der Waals surface area contributed by atoms with E-state index in [0.717, 1.165) is 18.3 Å². The monoisotopic (exact) mass is 252 g/mol. The van der Waals surface area contributed by atoms with Gasteiger partial charge in [0.2, 0.25) is 0 Å². The van der Waals surface area contributed by atoms with E-state index in [0.29, 0.717) is 11.8 Å². The third-order valence-electron chi connectivity index (χ3n) is 5.85. The summed E-state index contributed by atoms with van der Waals surface area (Å²) in [4.78, 5) is 11.4. The Morgan fingerprint density at radius 1 is 1.17 bits per heavy atom. The lowest BCUT2D eigenvalue weighted by molar-refractivity contribution is -0.177. The molecule has 2 fully saturated rings. The molecule has 6 unspecified atom stereocenters. The maximum atomic E-state index is 11.4. The van der Waals surface area contributed by atoms with Crippen molar-refractivity contribution in [1.29, 1.82) is 0 Å². The van der Waals surface area contributed by atoms with Crippen LogP contribution in [0.5, 0.6) is 0 Å². The minimum absolute atomic E-state index is 0.111. The molecule has 6 atom stereocenters. The predicted octanol–water partition coefficient (Wildman–Crippen LogP) is 4.04. The normalized spacial score (nSPS) is 48.4. The van der Waals surface area contributed by atoms with E-state index in [4.69, 9.17) is 4.74 Å². The van der Waals surface area contributed by atoms with Crippen molar-refractivity contribution in [2.24, 2.45) is 29.1 Å². The fourth-order valence-electron chi connectivity index (χ4n) is 4.72. The molecule has 0 amide bonds. The molecule has 0 saturated heterocycles. The van der Waals surface area contributed by atoms with Crippen LogP contribution in [0.2, 0.25) is 0 Å². The molecule has 2 nitrogen and oxygen atoms in total. The number of rotatable bonds is 1. The number of hydrogen-bond acceptors (Lipinski definition) is 2. The zero-order valence-electron chi connectivity index (χ0n) is 12.5. The van der Waals surface area contributed by atoms with Gasteiger partial charge in [0.25, 0.3) is 0 Å². The largest absolute Gasteiger partial charge is 0.462 e. The number of fused-ring (bicyclic) bond motifs is 1. The van der Waals surface area contributed by atoms with E-state index >= 15 is 0 Å². The quantitative estimate of drug-likeness (QED) is 0.658. The average Bonchev–Trinajstić information content (AvgIpc) is 2.26. The van der Waals surface area contributed by atoms with Crippen LogP contribution in [-0.4, -0.2) is 12.1 Å². The zero-order valence-corrected chi connectivity index (χ0v) is 12.5. The third kappa shape index (κ3) is 2.19. The summed E-state index contributed by atoms with van der Waals surface area (Å²) < 4.78 is 5.68. The minimum atomic E-state index is -0.111. The molecule has 0 aromatic carbocycles. The van der Waals surface area contributed by atoms with Gasteiger partial charge in [0.05, 0.1) is 0 Å². The number of carbonyl (C=O) groups is 1. The van der Waals surface area contributed by atoms with E-state index in [9.17, 15) is 4.79 Å². The van der Waals surface area contributed by atoms with Crippen LogP contribution in [0.3, 0.4) is 0 Å². The highest BCUT2D eigenvalue weighted by Crippen LogP contribution is 2.57. The second-order valence-corrected chi connectivity index (χ2v) is 7.10. The molecule has 0 aromatic heterocycles. The second-order valence-electron chi connectivity index (χ2n) is 7.10. The molecule has 0 aliphatic heterocycles. The highest BCUT2D eigenvalue weighted by molar-refractivity contribution is 5.66. The van der Waals surface area contributed by atoms with E-state index in [1.807, 2.05) is 0 Å². The fourth-order valence-corrected chi connectivity index (χ4v) is 4.72. The summed E-state index contributed by atoms with van der Waals surface area (Å²) in [6.07, 6.45) is 4.97. The molecule has 0 spiro atoms. The standard InChI is InChI=1S/C16H28O2/c1-10-8-12(3)16(5)14(9-10)11(2)6-7-15(16)18-13(4)17/h10-12,14-15H,6-9H2,1-5H3. The molecule has 2 saturated carbocycles. The van der Waals surface area contributed by atoms with Crippen LogP contribution in [0, 0.1) is 29.1 Å². The summed E-state index contributed by atoms with van der Waals surface area (Å²) in [5.74, 6) is 2.84. The Hall–Kier alpha value is -0.530. The van der Waals surface area contributed by atoms with E-state index < -0.39 is 0 Å². The Labute approximate surface area is 111 Å². The Kier molecular flexibility index (Phi) is 3.75. The number of ether oxygens (including phenoxy) is 1. The Morgan fingerprint density at radius 2 is 1.83 bits per heavy atom. The van der Waals surface area contributed by atoms with Crippen molar-refractivity contribution in [3.05, 3.63) is 0 Å². The van der Waals surface area contributed by atoms with Gasteiger partial charge in [-0.2, -0.15) is 0 Å². The average molecular weight is 252 g/mol. The van der Waals surface area contributed by atoms with Crippen molar-refractivity contribution >= 4 is 5.97 Å². The van der Waals surface area contributed by atoms with Crippen molar-refractivity contribution < 1.29 is 9.53 Å². The summed E-state index contributed by atoms with van der Waals surface area (Å²) in [6, 6.07) is 0. The fraction of sp³-hybridized carbons (Fsp3) is 0.938. The Balaban J connectivity index is 2.27. The van der Waals surface area contributed by atoms with Crippen LogP contribution in [0.25, 0.3) is 0 Å². The molecular formula is C16H28O2. The van der Waals surface area contributed by atoms with Crippen LogP contribution in [0.4, 0.5) is 0 Å². The smallest absolute Gasteiger partial charge is 0.302 e. The topological polar surface area (TPSA) is 26.3 Å². The zero-order chi connectivity index (χ0) is 13.5. The summed E-state index contributed by atoms with van der Waals surface area (Å²) in [5.41, 5.74) is 0.190. The first-order chi connectivity index (χ1) is 8.35. The molecule has 18 heavy (non-hydrogen) atoms. The summed E-state index contributed by atoms with van der Waals surface area (Å²) in [7, 11) is 0. The van der Waals surface area contributed by atoms with Crippen molar-refractivity contribution in [2.75, 3.05) is 0 Å². The molecule has 2 aliphatic rings. The Bertz CT molecular complexity index is 325. The van der Waals surface area contributed by atoms with Gasteiger partial charge in [-0.3, -0.25) is 4.79 Å². The second kappa shape index (κ2) is 4.86. The van der Waals surface area contributed by atoms with Gasteiger partial charge in [-0.05, 0) is 49.4 Å². The van der Waals surface area contributed by atoms with Crippen molar-refractivity contribution in [3.63, 3.8) is 0 Å². The van der Waals surface area contributed by atoms with E-state index in [1.54, 1.807) is 6.92 Å². The number of esters is 1. The van der Waals surface area contributed by atoms with Gasteiger partial charge in [0.15, 0.2) is 0 Å². The molecule has 2 aliphatic carbocycles. The lowest BCUT2D eigenvalue weighted by Gasteiger charge is -2.57. The first-order valence-corrected chi connectivity index (χ1v) is 7.52. The molecule has 0 heterocycles. The van der Waals surface area contributed by atoms with Gasteiger partial charge in [-0.15, -0.1) is 0 Å². The third-order valence-corrected chi connectivity index (χ3v) is 5.85. The van der Waals surface area contributed by atoms with E-state index in [2.05, 4.69) is 27.7 Å². The highest BCUT2D eigenvalue weighted by atomic mass is 16.5. The Morgan fingerprint density at radius 3 is 2.44 bits per heavy atom. The van der Waals surface area contributed by atoms with Gasteiger partial charge in [0.1, 0.15) is 6.10 Å². The summed E-state index contributed by atoms with van der Waals surface area (Å²) >= 11 is 0. The molecular weight excluding hydrogens is 224 g/mol. The molecule has 0 aromatic rings. The molecule has 104 valence electrons. The van der Waals surface area contributed by atoms with Crippen LogP contribution in [0.1, 0.15) is 60.3 Å². The van der Waals surface area contributed by atoms with Gasteiger partial charge >= 0.3 is 5.97 Å². The van der Waals surface area contributed by atoms with Crippen LogP contribution < -0.4 is 0 Å². The van der Waals surface area contributed by atoms with Crippen LogP contribution >= 0.6 is 0 Å². The maximum absolute atomic E-state index is 11.4. The molecule has 0 N–H and O–H groups in total. The first-order valence-electron chi connectivity index (χ1n) is 7.52. The highest BCUT2D eigenvalue weighted by Gasteiger charge is 2.54. The minimum Gasteiger partial charge on any atom is -0.462 e. The number of hydrogen-bond donors (Lipinski definition) is 0. The maximum Gasteiger partial charge on any atom is 0.302 e. The van der Waals surface area contributed by atoms with E-state index in [1.165, 1.54) is 19.3 Å². The van der Waals surface area contributed by atoms with Gasteiger partial charge in [-0.25, -0.2) is 0 Å². The van der Waals surface area contributed by atoms with Gasteiger partial charge in [-0.1, -0.05) is 27.7 Å². The van der Waals surface area contributed by atoms with Crippen molar-refractivity contribution in [3.8, 4) is 0 Å². The molecule has 0 bridgehead atoms. The SMILES string of the molecule is CC(=O)OC1CCC(C)C2CC(C)CC(C)C12C. The van der Waals surface area contributed by atoms with Crippen LogP contribution in [0.15, 0.2) is 0 Å².